The number of benzene rings is 1. The van der Waals surface area contributed by atoms with Crippen molar-refractivity contribution >= 4 is 13.7 Å². The van der Waals surface area contributed by atoms with Crippen molar-refractivity contribution in [2.24, 2.45) is 0 Å². The SMILES string of the molecule is CC(C)(C)OC(=O)CCc1cccc(O[B]O)c1. The summed E-state index contributed by atoms with van der Waals surface area (Å²) in [6, 6.07) is 7.21. The van der Waals surface area contributed by atoms with Crippen LogP contribution in [0.3, 0.4) is 0 Å². The Hall–Kier alpha value is -1.49. The van der Waals surface area contributed by atoms with Crippen molar-refractivity contribution in [3.63, 3.8) is 0 Å². The maximum absolute atomic E-state index is 11.5. The average molecular weight is 249 g/mol. The van der Waals surface area contributed by atoms with Crippen molar-refractivity contribution in [1.29, 1.82) is 0 Å². The Morgan fingerprint density at radius 2 is 2.11 bits per heavy atom. The minimum atomic E-state index is -0.451. The predicted octanol–water partition coefficient (Wildman–Crippen LogP) is 1.87. The van der Waals surface area contributed by atoms with Gasteiger partial charge in [0.05, 0.1) is 0 Å². The molecule has 5 heteroatoms. The maximum atomic E-state index is 11.5. The molecular weight excluding hydrogens is 231 g/mol. The largest absolute Gasteiger partial charge is 0.569 e. The zero-order chi connectivity index (χ0) is 13.6. The second kappa shape index (κ2) is 6.45. The summed E-state index contributed by atoms with van der Waals surface area (Å²) in [5, 5.41) is 8.53. The molecule has 0 bridgehead atoms. The van der Waals surface area contributed by atoms with Crippen LogP contribution in [0.4, 0.5) is 0 Å². The molecule has 0 aliphatic heterocycles. The standard InChI is InChI=1S/C13H18BO4/c1-13(2,3)17-12(15)8-7-10-5-4-6-11(9-10)18-14-16/h4-6,9,16H,7-8H2,1-3H3. The molecule has 1 N–H and O–H groups in total. The van der Waals surface area contributed by atoms with Crippen molar-refractivity contribution in [2.45, 2.75) is 39.2 Å². The monoisotopic (exact) mass is 249 g/mol. The molecule has 1 aromatic rings. The molecule has 1 radical (unpaired) electrons. The van der Waals surface area contributed by atoms with Gasteiger partial charge in [-0.25, -0.2) is 0 Å². The van der Waals surface area contributed by atoms with Crippen molar-refractivity contribution in [2.75, 3.05) is 0 Å². The normalized spacial score (nSPS) is 10.9. The molecule has 1 aromatic carbocycles. The van der Waals surface area contributed by atoms with Crippen molar-refractivity contribution in [1.82, 2.24) is 0 Å². The summed E-state index contributed by atoms with van der Waals surface area (Å²) in [6.07, 6.45) is 0.904. The van der Waals surface area contributed by atoms with Crippen LogP contribution in [0.5, 0.6) is 5.75 Å². The van der Waals surface area contributed by atoms with Gasteiger partial charge in [0.15, 0.2) is 0 Å². The molecule has 4 nitrogen and oxygen atoms in total. The highest BCUT2D eigenvalue weighted by atomic mass is 16.6. The van der Waals surface area contributed by atoms with Crippen molar-refractivity contribution in [3.8, 4) is 5.75 Å². The van der Waals surface area contributed by atoms with E-state index in [0.29, 0.717) is 26.3 Å². The molecule has 97 valence electrons. The summed E-state index contributed by atoms with van der Waals surface area (Å²) >= 11 is 0. The third kappa shape index (κ3) is 5.73. The minimum Gasteiger partial charge on any atom is -0.537 e. The van der Waals surface area contributed by atoms with Gasteiger partial charge >= 0.3 is 13.7 Å². The van der Waals surface area contributed by atoms with Crippen LogP contribution < -0.4 is 4.65 Å². The first-order chi connectivity index (χ1) is 8.40. The Morgan fingerprint density at radius 3 is 2.72 bits per heavy atom. The number of aryl methyl sites for hydroxylation is 1. The maximum Gasteiger partial charge on any atom is 0.569 e. The lowest BCUT2D eigenvalue weighted by atomic mass is 10.1. The molecule has 18 heavy (non-hydrogen) atoms. The number of hydrogen-bond acceptors (Lipinski definition) is 4. The van der Waals surface area contributed by atoms with Crippen LogP contribution in [0.15, 0.2) is 24.3 Å². The molecule has 0 aliphatic carbocycles. The molecule has 0 saturated carbocycles. The van der Waals surface area contributed by atoms with Crippen LogP contribution in [0.25, 0.3) is 0 Å². The van der Waals surface area contributed by atoms with Crippen molar-refractivity contribution in [3.05, 3.63) is 29.8 Å². The lowest BCUT2D eigenvalue weighted by Crippen LogP contribution is -2.24. The van der Waals surface area contributed by atoms with E-state index in [-0.39, 0.29) is 5.97 Å². The Morgan fingerprint density at radius 1 is 1.39 bits per heavy atom. The van der Waals surface area contributed by atoms with E-state index in [2.05, 4.69) is 0 Å². The first kappa shape index (κ1) is 14.6. The highest BCUT2D eigenvalue weighted by molar-refractivity contribution is 6.17. The summed E-state index contributed by atoms with van der Waals surface area (Å²) in [7, 11) is 0.632. The third-order valence-corrected chi connectivity index (χ3v) is 2.13. The highest BCUT2D eigenvalue weighted by Gasteiger charge is 2.15. The summed E-state index contributed by atoms with van der Waals surface area (Å²) in [5.41, 5.74) is 0.508. The van der Waals surface area contributed by atoms with E-state index in [1.165, 1.54) is 0 Å². The Balaban J connectivity index is 2.48. The van der Waals surface area contributed by atoms with Gasteiger partial charge in [-0.2, -0.15) is 0 Å². The molecular formula is C13H18BO4. The van der Waals surface area contributed by atoms with Crippen LogP contribution in [-0.2, 0) is 16.0 Å². The number of carbonyl (C=O) groups excluding carboxylic acids is 1. The van der Waals surface area contributed by atoms with E-state index >= 15 is 0 Å². The second-order valence-corrected chi connectivity index (χ2v) is 4.96. The molecule has 0 saturated heterocycles. The van der Waals surface area contributed by atoms with Gasteiger partial charge in [0.1, 0.15) is 11.4 Å². The van der Waals surface area contributed by atoms with E-state index in [1.807, 2.05) is 32.9 Å². The zero-order valence-corrected chi connectivity index (χ0v) is 11.0. The number of rotatable bonds is 5. The van der Waals surface area contributed by atoms with E-state index < -0.39 is 5.60 Å². The molecule has 0 aliphatic rings. The zero-order valence-electron chi connectivity index (χ0n) is 11.0. The molecule has 0 unspecified atom stereocenters. The van der Waals surface area contributed by atoms with E-state index in [9.17, 15) is 4.79 Å². The van der Waals surface area contributed by atoms with Gasteiger partial charge in [0.2, 0.25) is 0 Å². The van der Waals surface area contributed by atoms with Gasteiger partial charge in [0, 0.05) is 6.42 Å². The van der Waals surface area contributed by atoms with Gasteiger partial charge in [-0.3, -0.25) is 4.79 Å². The fourth-order valence-electron chi connectivity index (χ4n) is 1.47. The quantitative estimate of drug-likeness (QED) is 0.639. The third-order valence-electron chi connectivity index (χ3n) is 2.13. The molecule has 0 aromatic heterocycles. The van der Waals surface area contributed by atoms with E-state index in [1.54, 1.807) is 12.1 Å². The fraction of sp³-hybridized carbons (Fsp3) is 0.462. The first-order valence-electron chi connectivity index (χ1n) is 5.84. The lowest BCUT2D eigenvalue weighted by Gasteiger charge is -2.19. The Kier molecular flexibility index (Phi) is 5.22. The van der Waals surface area contributed by atoms with Crippen LogP contribution in [0, 0.1) is 0 Å². The smallest absolute Gasteiger partial charge is 0.537 e. The lowest BCUT2D eigenvalue weighted by molar-refractivity contribution is -0.154. The fourth-order valence-corrected chi connectivity index (χ4v) is 1.47. The van der Waals surface area contributed by atoms with Crippen molar-refractivity contribution < 1.29 is 19.2 Å². The summed E-state index contributed by atoms with van der Waals surface area (Å²) in [6.45, 7) is 5.53. The van der Waals surface area contributed by atoms with Crippen LogP contribution in [-0.4, -0.2) is 24.3 Å². The van der Waals surface area contributed by atoms with Gasteiger partial charge in [-0.05, 0) is 44.9 Å². The summed E-state index contributed by atoms with van der Waals surface area (Å²) in [4.78, 5) is 11.5. The molecule has 0 spiro atoms. The van der Waals surface area contributed by atoms with E-state index in [0.717, 1.165) is 5.56 Å². The summed E-state index contributed by atoms with van der Waals surface area (Å²) < 4.78 is 10.1. The number of ether oxygens (including phenoxy) is 1. The Labute approximate surface area is 108 Å². The van der Waals surface area contributed by atoms with Crippen LogP contribution in [0.1, 0.15) is 32.8 Å². The molecule has 0 heterocycles. The average Bonchev–Trinajstić information content (AvgIpc) is 2.25. The van der Waals surface area contributed by atoms with Gasteiger partial charge in [0.25, 0.3) is 0 Å². The Bertz CT molecular complexity index is 398. The first-order valence-corrected chi connectivity index (χ1v) is 5.84. The number of carbonyl (C=O) groups is 1. The number of hydrogen-bond donors (Lipinski definition) is 1. The van der Waals surface area contributed by atoms with Crippen LogP contribution >= 0.6 is 0 Å². The molecule has 0 fully saturated rings. The molecule has 1 rings (SSSR count). The topological polar surface area (TPSA) is 55.8 Å². The summed E-state index contributed by atoms with van der Waals surface area (Å²) in [5.74, 6) is 0.321. The van der Waals surface area contributed by atoms with Gasteiger partial charge < -0.3 is 14.4 Å². The van der Waals surface area contributed by atoms with E-state index in [4.69, 9.17) is 14.4 Å². The second-order valence-electron chi connectivity index (χ2n) is 4.96. The molecule has 0 amide bonds. The predicted molar refractivity (Wildman–Crippen MR) is 69.2 cm³/mol. The van der Waals surface area contributed by atoms with Gasteiger partial charge in [-0.1, -0.05) is 12.1 Å². The molecule has 0 atom stereocenters. The number of esters is 1. The van der Waals surface area contributed by atoms with Crippen LogP contribution in [0.2, 0.25) is 0 Å². The highest BCUT2D eigenvalue weighted by Crippen LogP contribution is 2.15. The minimum absolute atomic E-state index is 0.220. The van der Waals surface area contributed by atoms with Gasteiger partial charge in [-0.15, -0.1) is 0 Å².